The van der Waals surface area contributed by atoms with Crippen molar-refractivity contribution in [3.8, 4) is 12.3 Å². The second-order valence-corrected chi connectivity index (χ2v) is 5.53. The van der Waals surface area contributed by atoms with Crippen molar-refractivity contribution in [2.75, 3.05) is 6.54 Å². The Labute approximate surface area is 110 Å². The molecule has 0 saturated heterocycles. The lowest BCUT2D eigenvalue weighted by Crippen LogP contribution is -2.26. The zero-order valence-corrected chi connectivity index (χ0v) is 10.9. The molecule has 0 atom stereocenters. The normalized spacial score (nSPS) is 11.6. The molecule has 0 saturated carbocycles. The third-order valence-corrected chi connectivity index (χ3v) is 4.12. The number of hydrogen-bond donors (Lipinski definition) is 1. The average Bonchev–Trinajstić information content (AvgIpc) is 2.65. The molecular formula is C11H10ClN3O2S. The minimum Gasteiger partial charge on any atom is -0.288 e. The molecule has 1 N–H and O–H groups in total. The van der Waals surface area contributed by atoms with Crippen LogP contribution < -0.4 is 4.72 Å². The molecule has 18 heavy (non-hydrogen) atoms. The topological polar surface area (TPSA) is 63.5 Å². The molecule has 0 aliphatic carbocycles. The van der Waals surface area contributed by atoms with Crippen molar-refractivity contribution in [1.82, 2.24) is 14.1 Å². The van der Waals surface area contributed by atoms with Crippen LogP contribution in [-0.2, 0) is 10.0 Å². The van der Waals surface area contributed by atoms with Crippen LogP contribution in [0.15, 0.2) is 29.4 Å². The molecule has 5 nitrogen and oxygen atoms in total. The second kappa shape index (κ2) is 4.98. The van der Waals surface area contributed by atoms with Crippen molar-refractivity contribution in [2.45, 2.75) is 11.4 Å². The van der Waals surface area contributed by atoms with Gasteiger partial charge in [-0.1, -0.05) is 17.7 Å². The number of terminal acetylenes is 1. The fourth-order valence-electron chi connectivity index (χ4n) is 1.51. The van der Waals surface area contributed by atoms with Gasteiger partial charge < -0.3 is 0 Å². The van der Waals surface area contributed by atoms with Crippen LogP contribution in [0, 0.1) is 12.3 Å². The number of sulfonamides is 1. The summed E-state index contributed by atoms with van der Waals surface area (Å²) in [5, 5.41) is -0.133. The van der Waals surface area contributed by atoms with Crippen LogP contribution in [0.2, 0.25) is 5.15 Å². The first-order valence-electron chi connectivity index (χ1n) is 5.12. The van der Waals surface area contributed by atoms with Crippen LogP contribution >= 0.6 is 11.6 Å². The van der Waals surface area contributed by atoms with E-state index >= 15 is 0 Å². The van der Waals surface area contributed by atoms with Gasteiger partial charge in [0.15, 0.2) is 10.2 Å². The molecule has 2 aromatic rings. The van der Waals surface area contributed by atoms with Gasteiger partial charge in [-0.25, -0.2) is 18.1 Å². The molecule has 0 radical (unpaired) electrons. The number of fused-ring (bicyclic) bond motifs is 1. The van der Waals surface area contributed by atoms with Gasteiger partial charge in [-0.05, 0) is 12.1 Å². The predicted octanol–water partition coefficient (Wildman–Crippen LogP) is 1.29. The van der Waals surface area contributed by atoms with Gasteiger partial charge in [-0.3, -0.25) is 4.40 Å². The molecule has 0 fully saturated rings. The van der Waals surface area contributed by atoms with Gasteiger partial charge in [0.1, 0.15) is 5.65 Å². The number of nitrogens with zero attached hydrogens (tertiary/aromatic N) is 2. The Morgan fingerprint density at radius 2 is 2.28 bits per heavy atom. The highest BCUT2D eigenvalue weighted by atomic mass is 35.5. The quantitative estimate of drug-likeness (QED) is 0.679. The van der Waals surface area contributed by atoms with Crippen LogP contribution in [-0.4, -0.2) is 24.3 Å². The third kappa shape index (κ3) is 2.34. The molecule has 7 heteroatoms. The molecule has 0 bridgehead atoms. The first-order chi connectivity index (χ1) is 8.56. The minimum absolute atomic E-state index is 0.0607. The molecule has 0 aliphatic rings. The molecular weight excluding hydrogens is 274 g/mol. The Kier molecular flexibility index (Phi) is 3.57. The zero-order valence-electron chi connectivity index (χ0n) is 9.30. The Morgan fingerprint density at radius 3 is 3.00 bits per heavy atom. The lowest BCUT2D eigenvalue weighted by Gasteiger charge is -2.05. The predicted molar refractivity (Wildman–Crippen MR) is 68.8 cm³/mol. The van der Waals surface area contributed by atoms with Gasteiger partial charge in [0.25, 0.3) is 10.0 Å². The molecule has 2 rings (SSSR count). The summed E-state index contributed by atoms with van der Waals surface area (Å²) < 4.78 is 28.0. The average molecular weight is 284 g/mol. The number of rotatable bonds is 4. The van der Waals surface area contributed by atoms with E-state index < -0.39 is 10.0 Å². The summed E-state index contributed by atoms with van der Waals surface area (Å²) >= 11 is 5.87. The largest absolute Gasteiger partial charge is 0.288 e. The van der Waals surface area contributed by atoms with E-state index in [-0.39, 0.29) is 16.7 Å². The van der Waals surface area contributed by atoms with Crippen LogP contribution in [0.5, 0.6) is 0 Å². The van der Waals surface area contributed by atoms with Gasteiger partial charge in [0, 0.05) is 19.2 Å². The van der Waals surface area contributed by atoms with Gasteiger partial charge >= 0.3 is 0 Å². The van der Waals surface area contributed by atoms with E-state index in [4.69, 9.17) is 18.0 Å². The molecule has 0 unspecified atom stereocenters. The Morgan fingerprint density at radius 1 is 1.50 bits per heavy atom. The maximum atomic E-state index is 12.1. The second-order valence-electron chi connectivity index (χ2n) is 3.49. The van der Waals surface area contributed by atoms with Gasteiger partial charge in [-0.2, -0.15) is 0 Å². The summed E-state index contributed by atoms with van der Waals surface area (Å²) in [6.07, 6.45) is 6.97. The third-order valence-electron chi connectivity index (χ3n) is 2.26. The number of imidazole rings is 1. The summed E-state index contributed by atoms with van der Waals surface area (Å²) in [7, 11) is -3.72. The van der Waals surface area contributed by atoms with Crippen molar-refractivity contribution in [2.24, 2.45) is 0 Å². The van der Waals surface area contributed by atoms with E-state index in [1.807, 2.05) is 0 Å². The number of pyridine rings is 1. The van der Waals surface area contributed by atoms with Gasteiger partial charge in [0.05, 0.1) is 0 Å². The number of nitrogens with one attached hydrogen (secondary N) is 1. The molecule has 94 valence electrons. The lowest BCUT2D eigenvalue weighted by molar-refractivity contribution is 0.577. The van der Waals surface area contributed by atoms with E-state index in [1.54, 1.807) is 24.4 Å². The smallest absolute Gasteiger partial charge is 0.259 e. The number of hydrogen-bond acceptors (Lipinski definition) is 3. The zero-order chi connectivity index (χ0) is 13.2. The van der Waals surface area contributed by atoms with Crippen molar-refractivity contribution in [3.63, 3.8) is 0 Å². The first kappa shape index (κ1) is 12.9. The standard InChI is InChI=1S/C11H10ClN3O2S/c1-2-3-7-13-18(16,17)11-10(12)14-9-6-4-5-8-15(9)11/h1,4-6,8,13H,3,7H2. The molecule has 0 aromatic carbocycles. The van der Waals surface area contributed by atoms with Crippen LogP contribution in [0.1, 0.15) is 6.42 Å². The highest BCUT2D eigenvalue weighted by molar-refractivity contribution is 7.89. The highest BCUT2D eigenvalue weighted by Gasteiger charge is 2.23. The Balaban J connectivity index is 2.47. The van der Waals surface area contributed by atoms with Crippen molar-refractivity contribution >= 4 is 27.3 Å². The summed E-state index contributed by atoms with van der Waals surface area (Å²) in [5.74, 6) is 2.35. The van der Waals surface area contributed by atoms with E-state index in [0.29, 0.717) is 12.1 Å². The van der Waals surface area contributed by atoms with Gasteiger partial charge in [0.2, 0.25) is 0 Å². The summed E-state index contributed by atoms with van der Waals surface area (Å²) in [6, 6.07) is 5.12. The van der Waals surface area contributed by atoms with E-state index in [1.165, 1.54) is 4.40 Å². The maximum Gasteiger partial charge on any atom is 0.259 e. The molecule has 2 heterocycles. The van der Waals surface area contributed by atoms with E-state index in [9.17, 15) is 8.42 Å². The Bertz CT molecular complexity index is 715. The number of halogens is 1. The van der Waals surface area contributed by atoms with Crippen LogP contribution in [0.3, 0.4) is 0 Å². The van der Waals surface area contributed by atoms with Crippen LogP contribution in [0.4, 0.5) is 0 Å². The van der Waals surface area contributed by atoms with Crippen molar-refractivity contribution in [3.05, 3.63) is 29.5 Å². The van der Waals surface area contributed by atoms with Crippen LogP contribution in [0.25, 0.3) is 5.65 Å². The van der Waals surface area contributed by atoms with Gasteiger partial charge in [-0.15, -0.1) is 12.3 Å². The Hall–Kier alpha value is -1.55. The fraction of sp³-hybridized carbons (Fsp3) is 0.182. The molecule has 0 amide bonds. The SMILES string of the molecule is C#CCCNS(=O)(=O)c1c(Cl)nc2ccccn12. The van der Waals surface area contributed by atoms with E-state index in [0.717, 1.165) is 0 Å². The van der Waals surface area contributed by atoms with E-state index in [2.05, 4.69) is 15.6 Å². The summed E-state index contributed by atoms with van der Waals surface area (Å²) in [4.78, 5) is 3.98. The van der Waals surface area contributed by atoms with Crippen molar-refractivity contribution in [1.29, 1.82) is 0 Å². The monoisotopic (exact) mass is 283 g/mol. The maximum absolute atomic E-state index is 12.1. The molecule has 2 aromatic heterocycles. The summed E-state index contributed by atoms with van der Waals surface area (Å²) in [6.45, 7) is 0.162. The summed E-state index contributed by atoms with van der Waals surface area (Å²) in [5.41, 5.74) is 0.472. The fourth-order valence-corrected chi connectivity index (χ4v) is 3.18. The van der Waals surface area contributed by atoms with Crippen molar-refractivity contribution < 1.29 is 8.42 Å². The number of aromatic nitrogens is 2. The lowest BCUT2D eigenvalue weighted by atomic mass is 10.5. The minimum atomic E-state index is -3.72. The highest BCUT2D eigenvalue weighted by Crippen LogP contribution is 2.22. The molecule has 0 aliphatic heterocycles. The molecule has 0 spiro atoms. The first-order valence-corrected chi connectivity index (χ1v) is 6.98.